The van der Waals surface area contributed by atoms with E-state index in [4.69, 9.17) is 5.11 Å². The molecular weight excluding hydrogens is 234 g/mol. The van der Waals surface area contributed by atoms with Crippen molar-refractivity contribution in [2.75, 3.05) is 25.5 Å². The Morgan fingerprint density at radius 3 is 2.62 bits per heavy atom. The molecule has 0 aliphatic carbocycles. The third kappa shape index (κ3) is 7.61. The molecule has 2 N–H and O–H groups in total. The first-order chi connectivity index (χ1) is 7.41. The van der Waals surface area contributed by atoms with Crippen molar-refractivity contribution in [2.45, 2.75) is 20.3 Å². The highest BCUT2D eigenvalue weighted by atomic mass is 32.2. The number of ether oxygens (including phenoxy) is 1. The zero-order valence-electron chi connectivity index (χ0n) is 9.60. The Morgan fingerprint density at radius 2 is 2.12 bits per heavy atom. The second kappa shape index (κ2) is 7.59. The van der Waals surface area contributed by atoms with Gasteiger partial charge in [-0.15, -0.1) is 0 Å². The molecule has 0 saturated carbocycles. The fraction of sp³-hybridized carbons (Fsp3) is 0.889. The Labute approximate surface area is 96.0 Å². The van der Waals surface area contributed by atoms with E-state index in [2.05, 4.69) is 9.46 Å². The Bertz CT molecular complexity index is 301. The van der Waals surface area contributed by atoms with Crippen molar-refractivity contribution in [3.05, 3.63) is 0 Å². The molecule has 6 nitrogen and oxygen atoms in total. The number of rotatable bonds is 8. The first-order valence-electron chi connectivity index (χ1n) is 5.15. The van der Waals surface area contributed by atoms with E-state index in [9.17, 15) is 13.2 Å². The molecule has 0 heterocycles. The van der Waals surface area contributed by atoms with Crippen LogP contribution in [0.5, 0.6) is 0 Å². The van der Waals surface area contributed by atoms with Crippen molar-refractivity contribution in [1.29, 1.82) is 0 Å². The van der Waals surface area contributed by atoms with Gasteiger partial charge in [0.15, 0.2) is 0 Å². The van der Waals surface area contributed by atoms with E-state index in [0.717, 1.165) is 0 Å². The number of aliphatic hydroxyl groups is 1. The topological polar surface area (TPSA) is 92.7 Å². The normalized spacial score (nSPS) is 13.4. The molecule has 0 aromatic heterocycles. The lowest BCUT2D eigenvalue weighted by Crippen LogP contribution is -2.32. The van der Waals surface area contributed by atoms with E-state index in [1.807, 2.05) is 0 Å². The van der Waals surface area contributed by atoms with Crippen LogP contribution in [0.3, 0.4) is 0 Å². The monoisotopic (exact) mass is 253 g/mol. The van der Waals surface area contributed by atoms with Gasteiger partial charge in [0.2, 0.25) is 10.0 Å². The molecule has 0 bridgehead atoms. The van der Waals surface area contributed by atoms with E-state index in [0.29, 0.717) is 0 Å². The molecular formula is C9H19NO5S. The summed E-state index contributed by atoms with van der Waals surface area (Å²) in [5.74, 6) is -0.954. The van der Waals surface area contributed by atoms with Crippen LogP contribution in [0, 0.1) is 5.92 Å². The summed E-state index contributed by atoms with van der Waals surface area (Å²) in [6.07, 6.45) is -0.156. The van der Waals surface area contributed by atoms with Gasteiger partial charge in [-0.2, -0.15) is 0 Å². The quantitative estimate of drug-likeness (QED) is 0.568. The number of sulfonamides is 1. The van der Waals surface area contributed by atoms with Crippen LogP contribution in [0.4, 0.5) is 0 Å². The molecule has 1 unspecified atom stereocenters. The molecule has 0 rings (SSSR count). The number of aliphatic hydroxyl groups excluding tert-OH is 1. The van der Waals surface area contributed by atoms with E-state index in [1.165, 1.54) is 0 Å². The molecule has 0 aromatic carbocycles. The van der Waals surface area contributed by atoms with Gasteiger partial charge in [-0.3, -0.25) is 4.79 Å². The molecule has 7 heteroatoms. The maximum absolute atomic E-state index is 11.4. The summed E-state index contributed by atoms with van der Waals surface area (Å²) in [7, 11) is -3.46. The largest absolute Gasteiger partial charge is 0.466 e. The van der Waals surface area contributed by atoms with Gasteiger partial charge in [0.1, 0.15) is 0 Å². The third-order valence-corrected chi connectivity index (χ3v) is 3.19. The maximum atomic E-state index is 11.4. The summed E-state index contributed by atoms with van der Waals surface area (Å²) in [4.78, 5) is 10.9. The number of hydrogen-bond donors (Lipinski definition) is 2. The number of carbonyl (C=O) groups is 1. The standard InChI is InChI=1S/C9H19NO5S/c1-3-15-9(12)4-5-16(13,14)10-6-8(2)7-11/h8,10-11H,3-7H2,1-2H3. The minimum Gasteiger partial charge on any atom is -0.466 e. The fourth-order valence-corrected chi connectivity index (χ4v) is 1.97. The van der Waals surface area contributed by atoms with Gasteiger partial charge in [-0.1, -0.05) is 6.92 Å². The van der Waals surface area contributed by atoms with Crippen molar-refractivity contribution in [2.24, 2.45) is 5.92 Å². The number of nitrogens with one attached hydrogen (secondary N) is 1. The zero-order chi connectivity index (χ0) is 12.6. The highest BCUT2D eigenvalue weighted by Crippen LogP contribution is 1.96. The average Bonchev–Trinajstić information content (AvgIpc) is 2.24. The minimum absolute atomic E-state index is 0.0829. The smallest absolute Gasteiger partial charge is 0.306 e. The van der Waals surface area contributed by atoms with Crippen LogP contribution in [0.25, 0.3) is 0 Å². The third-order valence-electron chi connectivity index (χ3n) is 1.84. The van der Waals surface area contributed by atoms with Crippen molar-refractivity contribution in [3.8, 4) is 0 Å². The maximum Gasteiger partial charge on any atom is 0.306 e. The highest BCUT2D eigenvalue weighted by Gasteiger charge is 2.14. The molecule has 0 saturated heterocycles. The van der Waals surface area contributed by atoms with Crippen LogP contribution in [-0.4, -0.2) is 45.0 Å². The van der Waals surface area contributed by atoms with Crippen molar-refractivity contribution in [3.63, 3.8) is 0 Å². The summed E-state index contributed by atoms with van der Waals surface area (Å²) in [6, 6.07) is 0. The second-order valence-corrected chi connectivity index (χ2v) is 5.44. The molecule has 16 heavy (non-hydrogen) atoms. The molecule has 0 spiro atoms. The van der Waals surface area contributed by atoms with Crippen molar-refractivity contribution in [1.82, 2.24) is 4.72 Å². The van der Waals surface area contributed by atoms with Crippen molar-refractivity contribution >= 4 is 16.0 Å². The summed E-state index contributed by atoms with van der Waals surface area (Å²) in [5.41, 5.74) is 0. The van der Waals surface area contributed by atoms with Gasteiger partial charge in [0.25, 0.3) is 0 Å². The number of carbonyl (C=O) groups excluding carboxylic acids is 1. The molecule has 0 aliphatic heterocycles. The molecule has 0 radical (unpaired) electrons. The van der Waals surface area contributed by atoms with Gasteiger partial charge in [0, 0.05) is 13.2 Å². The van der Waals surface area contributed by atoms with Gasteiger partial charge in [0.05, 0.1) is 18.8 Å². The van der Waals surface area contributed by atoms with Crippen LogP contribution in [-0.2, 0) is 19.6 Å². The summed E-state index contributed by atoms with van der Waals surface area (Å²) in [6.45, 7) is 3.71. The van der Waals surface area contributed by atoms with Crippen LogP contribution in [0.15, 0.2) is 0 Å². The van der Waals surface area contributed by atoms with Crippen LogP contribution in [0.2, 0.25) is 0 Å². The first kappa shape index (κ1) is 15.3. The second-order valence-electron chi connectivity index (χ2n) is 3.51. The number of esters is 1. The van der Waals surface area contributed by atoms with Crippen LogP contribution in [0.1, 0.15) is 20.3 Å². The fourth-order valence-electron chi connectivity index (χ4n) is 0.857. The van der Waals surface area contributed by atoms with Crippen LogP contribution < -0.4 is 4.72 Å². The lowest BCUT2D eigenvalue weighted by molar-refractivity contribution is -0.142. The first-order valence-corrected chi connectivity index (χ1v) is 6.80. The average molecular weight is 253 g/mol. The zero-order valence-corrected chi connectivity index (χ0v) is 10.4. The Balaban J connectivity index is 3.92. The van der Waals surface area contributed by atoms with Gasteiger partial charge >= 0.3 is 5.97 Å². The van der Waals surface area contributed by atoms with Crippen molar-refractivity contribution < 1.29 is 23.1 Å². The molecule has 0 aromatic rings. The van der Waals surface area contributed by atoms with Gasteiger partial charge in [-0.25, -0.2) is 13.1 Å². The van der Waals surface area contributed by atoms with Crippen LogP contribution >= 0.6 is 0 Å². The van der Waals surface area contributed by atoms with Gasteiger partial charge < -0.3 is 9.84 Å². The molecule has 1 atom stereocenters. The van der Waals surface area contributed by atoms with E-state index < -0.39 is 16.0 Å². The Kier molecular flexibility index (Phi) is 7.27. The van der Waals surface area contributed by atoms with E-state index in [-0.39, 0.29) is 37.9 Å². The minimum atomic E-state index is -3.46. The molecule has 0 amide bonds. The van der Waals surface area contributed by atoms with Gasteiger partial charge in [-0.05, 0) is 12.8 Å². The Hall–Kier alpha value is -0.660. The highest BCUT2D eigenvalue weighted by molar-refractivity contribution is 7.89. The van der Waals surface area contributed by atoms with E-state index in [1.54, 1.807) is 13.8 Å². The lowest BCUT2D eigenvalue weighted by atomic mass is 10.2. The lowest BCUT2D eigenvalue weighted by Gasteiger charge is -2.09. The summed E-state index contributed by atoms with van der Waals surface area (Å²) in [5, 5.41) is 8.71. The Morgan fingerprint density at radius 1 is 1.50 bits per heavy atom. The van der Waals surface area contributed by atoms with E-state index >= 15 is 0 Å². The summed E-state index contributed by atoms with van der Waals surface area (Å²) < 4.78 is 29.6. The predicted octanol–water partition coefficient (Wildman–Crippen LogP) is -0.513. The predicted molar refractivity (Wildman–Crippen MR) is 59.3 cm³/mol. The molecule has 96 valence electrons. The molecule has 0 aliphatic rings. The summed E-state index contributed by atoms with van der Waals surface area (Å²) >= 11 is 0. The number of hydrogen-bond acceptors (Lipinski definition) is 5. The SMILES string of the molecule is CCOC(=O)CCS(=O)(=O)NCC(C)CO. The molecule has 0 fully saturated rings.